The van der Waals surface area contributed by atoms with Crippen LogP contribution < -0.4 is 0 Å². The van der Waals surface area contributed by atoms with Crippen LogP contribution in [0.3, 0.4) is 0 Å². The first-order valence-electron chi connectivity index (χ1n) is 14.6. The highest BCUT2D eigenvalue weighted by Gasteiger charge is 2.56. The molecule has 0 heterocycles. The molecule has 2 fully saturated rings. The molecule has 2 saturated carbocycles. The minimum atomic E-state index is -3.66. The summed E-state index contributed by atoms with van der Waals surface area (Å²) >= 11 is 0. The number of unbranched alkanes of at least 4 members (excludes halogenated alkanes) is 1. The van der Waals surface area contributed by atoms with Crippen LogP contribution in [0.2, 0.25) is 18.1 Å². The van der Waals surface area contributed by atoms with Crippen molar-refractivity contribution in [1.29, 1.82) is 0 Å². The summed E-state index contributed by atoms with van der Waals surface area (Å²) in [6.07, 6.45) is 9.03. The number of allylic oxidation sites excluding steroid dienone is 1. The molecule has 0 aliphatic heterocycles. The van der Waals surface area contributed by atoms with E-state index in [0.29, 0.717) is 12.7 Å². The second-order valence-electron chi connectivity index (χ2n) is 13.3. The predicted octanol–water partition coefficient (Wildman–Crippen LogP) is 8.65. The lowest BCUT2D eigenvalue weighted by Gasteiger charge is -2.47. The molecule has 2 rings (SSSR count). The lowest BCUT2D eigenvalue weighted by atomic mass is 9.66. The minimum absolute atomic E-state index is 0.0682. The second-order valence-corrected chi connectivity index (χ2v) is 19.7. The van der Waals surface area contributed by atoms with Crippen molar-refractivity contribution in [3.8, 4) is 0 Å². The number of phosphoric ester groups is 1. The quantitative estimate of drug-likeness (QED) is 0.0635. The summed E-state index contributed by atoms with van der Waals surface area (Å²) in [4.78, 5) is 0. The van der Waals surface area contributed by atoms with Gasteiger partial charge in [0.1, 0.15) is 6.79 Å². The Morgan fingerprint density at radius 1 is 1.11 bits per heavy atom. The lowest BCUT2D eigenvalue weighted by molar-refractivity contribution is -0.117. The van der Waals surface area contributed by atoms with Crippen molar-refractivity contribution in [2.24, 2.45) is 11.3 Å². The number of phosphoric acid groups is 1. The van der Waals surface area contributed by atoms with E-state index >= 15 is 0 Å². The fourth-order valence-corrected chi connectivity index (χ4v) is 8.50. The Morgan fingerprint density at radius 3 is 2.29 bits per heavy atom. The molecule has 0 aromatic rings. The van der Waals surface area contributed by atoms with E-state index in [4.69, 9.17) is 27.5 Å². The molecule has 7 nitrogen and oxygen atoms in total. The van der Waals surface area contributed by atoms with Crippen molar-refractivity contribution in [2.45, 2.75) is 136 Å². The molecule has 0 aromatic carbocycles. The third-order valence-corrected chi connectivity index (χ3v) is 15.1. The maximum atomic E-state index is 13.5. The fraction of sp³-hybridized carbons (Fsp3) is 0.931. The number of ether oxygens (including phenoxy) is 2. The van der Waals surface area contributed by atoms with Gasteiger partial charge in [0.2, 0.25) is 0 Å². The molecule has 9 heteroatoms. The van der Waals surface area contributed by atoms with Crippen LogP contribution in [0.1, 0.15) is 100 Å². The maximum Gasteiger partial charge on any atom is 0.475 e. The van der Waals surface area contributed by atoms with Crippen LogP contribution in [-0.4, -0.2) is 53.2 Å². The predicted molar refractivity (Wildman–Crippen MR) is 157 cm³/mol. The number of rotatable bonds is 15. The van der Waals surface area contributed by atoms with Gasteiger partial charge in [-0.1, -0.05) is 40.2 Å². The van der Waals surface area contributed by atoms with Gasteiger partial charge >= 0.3 is 7.82 Å². The van der Waals surface area contributed by atoms with Crippen molar-refractivity contribution in [3.63, 3.8) is 0 Å². The minimum Gasteiger partial charge on any atom is -0.414 e. The third-order valence-electron chi connectivity index (χ3n) is 8.92. The summed E-state index contributed by atoms with van der Waals surface area (Å²) in [5.41, 5.74) is 0.918. The largest absolute Gasteiger partial charge is 0.475 e. The van der Waals surface area contributed by atoms with Gasteiger partial charge in [-0.2, -0.15) is 0 Å². The molecule has 224 valence electrons. The van der Waals surface area contributed by atoms with E-state index in [1.807, 2.05) is 13.8 Å². The van der Waals surface area contributed by atoms with E-state index in [1.165, 1.54) is 5.57 Å². The molecular formula is C29H57O7PSi. The molecule has 2 aliphatic rings. The zero-order valence-electron chi connectivity index (χ0n) is 26.2. The standard InChI is InChI=1S/C29H57O7PSi/c1-12-33-37(30,34-13-2)35-26-21-24-25(36-38(10,11)27(3,4)5)18-16-20-29(24,8)23(26)17-14-15-19-28(6,7)32-22-31-9/h17,24-26H,12-16,18-22H2,1-11H3/b23-17-/t24-,25-,26+,29+/m0/s1. The summed E-state index contributed by atoms with van der Waals surface area (Å²) in [5, 5.41) is 0.144. The average molecular weight is 577 g/mol. The lowest BCUT2D eigenvalue weighted by Crippen LogP contribution is -2.49. The van der Waals surface area contributed by atoms with E-state index in [9.17, 15) is 4.57 Å². The van der Waals surface area contributed by atoms with Gasteiger partial charge in [0.05, 0.1) is 24.9 Å². The molecule has 38 heavy (non-hydrogen) atoms. The Morgan fingerprint density at radius 2 is 1.74 bits per heavy atom. The van der Waals surface area contributed by atoms with Gasteiger partial charge < -0.3 is 13.9 Å². The van der Waals surface area contributed by atoms with Gasteiger partial charge in [0.25, 0.3) is 0 Å². The second kappa shape index (κ2) is 13.7. The first-order chi connectivity index (χ1) is 17.5. The Hall–Kier alpha value is -0.0531. The first kappa shape index (κ1) is 34.1. The molecule has 0 aromatic heterocycles. The van der Waals surface area contributed by atoms with Crippen LogP contribution >= 0.6 is 7.82 Å². The summed E-state index contributed by atoms with van der Waals surface area (Å²) in [5.74, 6) is 0.305. The van der Waals surface area contributed by atoms with Crippen LogP contribution in [-0.2, 0) is 32.0 Å². The van der Waals surface area contributed by atoms with Gasteiger partial charge in [-0.15, -0.1) is 0 Å². The summed E-state index contributed by atoms with van der Waals surface area (Å²) in [6.45, 7) is 22.6. The smallest absolute Gasteiger partial charge is 0.414 e. The van der Waals surface area contributed by atoms with Crippen LogP contribution in [0.5, 0.6) is 0 Å². The Balaban J connectivity index is 2.34. The molecular weight excluding hydrogens is 519 g/mol. The molecule has 0 bridgehead atoms. The Kier molecular flexibility index (Phi) is 12.3. The summed E-state index contributed by atoms with van der Waals surface area (Å²) < 4.78 is 48.9. The fourth-order valence-electron chi connectivity index (χ4n) is 5.77. The van der Waals surface area contributed by atoms with E-state index in [1.54, 1.807) is 7.11 Å². The van der Waals surface area contributed by atoms with E-state index in [2.05, 4.69) is 60.7 Å². The van der Waals surface area contributed by atoms with Crippen LogP contribution in [0.25, 0.3) is 0 Å². The SMILES string of the molecule is CCOP(=O)(OCC)O[C@@H]1C[C@H]2[C@@H](O[Si](C)(C)C(C)(C)C)CCC[C@]2(C)/C1=C\CCCC(C)(C)OCOC. The van der Waals surface area contributed by atoms with Crippen LogP contribution in [0.4, 0.5) is 0 Å². The zero-order valence-corrected chi connectivity index (χ0v) is 28.1. The average Bonchev–Trinajstić information content (AvgIpc) is 3.06. The third kappa shape index (κ3) is 8.72. The number of fused-ring (bicyclic) bond motifs is 1. The van der Waals surface area contributed by atoms with Crippen molar-refractivity contribution in [3.05, 3.63) is 11.6 Å². The molecule has 0 radical (unpaired) electrons. The number of hydrogen-bond acceptors (Lipinski definition) is 7. The van der Waals surface area contributed by atoms with Crippen LogP contribution in [0.15, 0.2) is 11.6 Å². The number of hydrogen-bond donors (Lipinski definition) is 0. The molecule has 2 aliphatic carbocycles. The number of methoxy groups -OCH3 is 1. The Labute approximate surface area is 234 Å². The van der Waals surface area contributed by atoms with E-state index < -0.39 is 16.1 Å². The topological polar surface area (TPSA) is 72.5 Å². The maximum absolute atomic E-state index is 13.5. The van der Waals surface area contributed by atoms with Gasteiger partial charge in [0, 0.05) is 13.2 Å². The van der Waals surface area contributed by atoms with E-state index in [-0.39, 0.29) is 41.5 Å². The van der Waals surface area contributed by atoms with Crippen molar-refractivity contribution >= 4 is 16.1 Å². The Bertz CT molecular complexity index is 812. The summed E-state index contributed by atoms with van der Waals surface area (Å²) in [7, 11) is -3.97. The van der Waals surface area contributed by atoms with Gasteiger partial charge in [-0.25, -0.2) is 4.57 Å². The monoisotopic (exact) mass is 576 g/mol. The van der Waals surface area contributed by atoms with Gasteiger partial charge in [-0.05, 0) is 101 Å². The summed E-state index contributed by atoms with van der Waals surface area (Å²) in [6, 6.07) is 0. The van der Waals surface area contributed by atoms with Crippen molar-refractivity contribution in [1.82, 2.24) is 0 Å². The van der Waals surface area contributed by atoms with Gasteiger partial charge in [-0.3, -0.25) is 13.6 Å². The van der Waals surface area contributed by atoms with E-state index in [0.717, 1.165) is 44.9 Å². The first-order valence-corrected chi connectivity index (χ1v) is 19.0. The molecule has 0 spiro atoms. The molecule has 0 saturated heterocycles. The molecule has 0 amide bonds. The molecule has 0 N–H and O–H groups in total. The highest BCUT2D eigenvalue weighted by atomic mass is 31.2. The van der Waals surface area contributed by atoms with Crippen molar-refractivity contribution in [2.75, 3.05) is 27.1 Å². The normalized spacial score (nSPS) is 28.2. The highest BCUT2D eigenvalue weighted by Crippen LogP contribution is 2.62. The molecule has 0 unspecified atom stereocenters. The molecule has 4 atom stereocenters. The van der Waals surface area contributed by atoms with Gasteiger partial charge in [0.15, 0.2) is 8.32 Å². The van der Waals surface area contributed by atoms with Crippen molar-refractivity contribution < 1.29 is 32.0 Å². The van der Waals surface area contributed by atoms with Crippen LogP contribution in [0, 0.1) is 11.3 Å². The highest BCUT2D eigenvalue weighted by molar-refractivity contribution is 7.48. The zero-order chi connectivity index (χ0) is 28.8.